The lowest BCUT2D eigenvalue weighted by atomic mass is 10.2. The molecule has 9 heteroatoms. The molecule has 0 unspecified atom stereocenters. The van der Waals surface area contributed by atoms with Gasteiger partial charge < -0.3 is 14.8 Å². The van der Waals surface area contributed by atoms with Gasteiger partial charge in [-0.2, -0.15) is 4.31 Å². The minimum atomic E-state index is -3.60. The van der Waals surface area contributed by atoms with Crippen molar-refractivity contribution in [3.63, 3.8) is 0 Å². The molecule has 1 amide bonds. The molecule has 8 nitrogen and oxygen atoms in total. The minimum Gasteiger partial charge on any atom is -0.486 e. The van der Waals surface area contributed by atoms with E-state index in [1.165, 1.54) is 10.4 Å². The Hall–Kier alpha value is -1.84. The van der Waals surface area contributed by atoms with Crippen LogP contribution in [0.4, 0.5) is 0 Å². The van der Waals surface area contributed by atoms with Gasteiger partial charge >= 0.3 is 0 Å². The number of nitrogens with zero attached hydrogens (tertiary/aromatic N) is 2. The van der Waals surface area contributed by atoms with Gasteiger partial charge in [-0.15, -0.1) is 0 Å². The summed E-state index contributed by atoms with van der Waals surface area (Å²) in [6, 6.07) is 4.71. The maximum Gasteiger partial charge on any atom is 0.243 e. The van der Waals surface area contributed by atoms with Gasteiger partial charge in [-0.05, 0) is 18.1 Å². The Labute approximate surface area is 160 Å². The van der Waals surface area contributed by atoms with E-state index in [0.717, 1.165) is 0 Å². The highest BCUT2D eigenvalue weighted by molar-refractivity contribution is 7.89. The molecule has 0 bridgehead atoms. The first-order valence-corrected chi connectivity index (χ1v) is 10.7. The Kier molecular flexibility index (Phi) is 6.23. The van der Waals surface area contributed by atoms with E-state index in [2.05, 4.69) is 5.32 Å². The third-order valence-electron chi connectivity index (χ3n) is 4.56. The van der Waals surface area contributed by atoms with Gasteiger partial charge in [0.2, 0.25) is 15.9 Å². The van der Waals surface area contributed by atoms with E-state index in [1.807, 2.05) is 18.7 Å². The van der Waals surface area contributed by atoms with Gasteiger partial charge in [0, 0.05) is 38.8 Å². The predicted molar refractivity (Wildman–Crippen MR) is 100 cm³/mol. The summed E-state index contributed by atoms with van der Waals surface area (Å²) in [5, 5.41) is 2.89. The number of ether oxygens (including phenoxy) is 2. The number of benzene rings is 1. The summed E-state index contributed by atoms with van der Waals surface area (Å²) in [6.45, 7) is 7.67. The monoisotopic (exact) mass is 397 g/mol. The second-order valence-electron chi connectivity index (χ2n) is 7.18. The molecular formula is C18H27N3O5S. The number of hydrogen-bond acceptors (Lipinski definition) is 6. The third kappa shape index (κ3) is 4.91. The van der Waals surface area contributed by atoms with Crippen LogP contribution in [0.1, 0.15) is 13.8 Å². The maximum atomic E-state index is 12.9. The van der Waals surface area contributed by atoms with Crippen LogP contribution in [0, 0.1) is 5.92 Å². The lowest BCUT2D eigenvalue weighted by molar-refractivity contribution is -0.122. The molecule has 3 rings (SSSR count). The Morgan fingerprint density at radius 2 is 1.78 bits per heavy atom. The summed E-state index contributed by atoms with van der Waals surface area (Å²) >= 11 is 0. The van der Waals surface area contributed by atoms with Gasteiger partial charge in [-0.3, -0.25) is 9.69 Å². The zero-order valence-corrected chi connectivity index (χ0v) is 16.6. The number of fused-ring (bicyclic) bond motifs is 1. The van der Waals surface area contributed by atoms with E-state index < -0.39 is 10.0 Å². The summed E-state index contributed by atoms with van der Waals surface area (Å²) in [4.78, 5) is 14.1. The molecule has 2 aliphatic rings. The highest BCUT2D eigenvalue weighted by atomic mass is 32.2. The number of carbonyl (C=O) groups is 1. The normalized spacial score (nSPS) is 18.5. The van der Waals surface area contributed by atoms with Gasteiger partial charge in [0.15, 0.2) is 11.5 Å². The van der Waals surface area contributed by atoms with Gasteiger partial charge in [0.25, 0.3) is 0 Å². The SMILES string of the molecule is CC(C)CNC(=O)CN1CCN(S(=O)(=O)c2ccc3c(c2)OCCO3)CC1. The number of carbonyl (C=O) groups excluding carboxylic acids is 1. The summed E-state index contributed by atoms with van der Waals surface area (Å²) in [6.07, 6.45) is 0. The van der Waals surface area contributed by atoms with Crippen LogP contribution in [-0.2, 0) is 14.8 Å². The van der Waals surface area contributed by atoms with Crippen LogP contribution in [0.3, 0.4) is 0 Å². The number of piperazine rings is 1. The van der Waals surface area contributed by atoms with E-state index in [0.29, 0.717) is 69.9 Å². The Bertz CT molecular complexity index is 773. The summed E-state index contributed by atoms with van der Waals surface area (Å²) < 4.78 is 38.2. The molecule has 2 heterocycles. The van der Waals surface area contributed by atoms with Crippen molar-refractivity contribution in [2.45, 2.75) is 18.7 Å². The highest BCUT2D eigenvalue weighted by Crippen LogP contribution is 2.33. The molecule has 27 heavy (non-hydrogen) atoms. The van der Waals surface area contributed by atoms with Crippen molar-refractivity contribution in [2.75, 3.05) is 52.5 Å². The van der Waals surface area contributed by atoms with Crippen LogP contribution in [0.2, 0.25) is 0 Å². The van der Waals surface area contributed by atoms with Crippen LogP contribution >= 0.6 is 0 Å². The molecule has 0 aliphatic carbocycles. The van der Waals surface area contributed by atoms with Crippen LogP contribution in [0.25, 0.3) is 0 Å². The molecule has 1 saturated heterocycles. The fraction of sp³-hybridized carbons (Fsp3) is 0.611. The summed E-state index contributed by atoms with van der Waals surface area (Å²) in [5.74, 6) is 1.41. The minimum absolute atomic E-state index is 0.0214. The molecule has 2 aliphatic heterocycles. The van der Waals surface area contributed by atoms with Crippen LogP contribution in [-0.4, -0.2) is 76.0 Å². The molecule has 0 atom stereocenters. The molecular weight excluding hydrogens is 370 g/mol. The van der Waals surface area contributed by atoms with Gasteiger partial charge in [-0.25, -0.2) is 8.42 Å². The van der Waals surface area contributed by atoms with Crippen LogP contribution < -0.4 is 14.8 Å². The molecule has 0 spiro atoms. The second-order valence-corrected chi connectivity index (χ2v) is 9.12. The van der Waals surface area contributed by atoms with Crippen molar-refractivity contribution in [3.8, 4) is 11.5 Å². The summed E-state index contributed by atoms with van der Waals surface area (Å²) in [7, 11) is -3.60. The molecule has 1 fully saturated rings. The first kappa shape index (κ1) is 19.9. The zero-order valence-electron chi connectivity index (χ0n) is 15.8. The van der Waals surface area contributed by atoms with Crippen molar-refractivity contribution in [2.24, 2.45) is 5.92 Å². The van der Waals surface area contributed by atoms with E-state index in [9.17, 15) is 13.2 Å². The van der Waals surface area contributed by atoms with E-state index in [4.69, 9.17) is 9.47 Å². The van der Waals surface area contributed by atoms with Crippen molar-refractivity contribution < 1.29 is 22.7 Å². The lowest BCUT2D eigenvalue weighted by Gasteiger charge is -2.33. The average molecular weight is 397 g/mol. The molecule has 1 aromatic rings. The molecule has 0 saturated carbocycles. The Morgan fingerprint density at radius 1 is 1.11 bits per heavy atom. The predicted octanol–water partition coefficient (Wildman–Crippen LogP) is 0.536. The van der Waals surface area contributed by atoms with Gasteiger partial charge in [0.05, 0.1) is 11.4 Å². The average Bonchev–Trinajstić information content (AvgIpc) is 2.66. The highest BCUT2D eigenvalue weighted by Gasteiger charge is 2.30. The zero-order chi connectivity index (χ0) is 19.4. The number of nitrogens with one attached hydrogen (secondary N) is 1. The first-order valence-electron chi connectivity index (χ1n) is 9.25. The number of sulfonamides is 1. The molecule has 150 valence electrons. The largest absolute Gasteiger partial charge is 0.486 e. The lowest BCUT2D eigenvalue weighted by Crippen LogP contribution is -2.51. The Balaban J connectivity index is 1.57. The molecule has 0 aromatic heterocycles. The summed E-state index contributed by atoms with van der Waals surface area (Å²) in [5.41, 5.74) is 0. The fourth-order valence-corrected chi connectivity index (χ4v) is 4.48. The molecule has 0 radical (unpaired) electrons. The van der Waals surface area contributed by atoms with Crippen LogP contribution in [0.5, 0.6) is 11.5 Å². The number of amides is 1. The standard InChI is InChI=1S/C18H27N3O5S/c1-14(2)12-19-18(22)13-20-5-7-21(8-6-20)27(23,24)15-3-4-16-17(11-15)26-10-9-25-16/h3-4,11,14H,5-10,12-13H2,1-2H3,(H,19,22). The van der Waals surface area contributed by atoms with Crippen molar-refractivity contribution in [1.29, 1.82) is 0 Å². The Morgan fingerprint density at radius 3 is 2.44 bits per heavy atom. The molecule has 1 aromatic carbocycles. The quantitative estimate of drug-likeness (QED) is 0.754. The van der Waals surface area contributed by atoms with Gasteiger partial charge in [-0.1, -0.05) is 13.8 Å². The van der Waals surface area contributed by atoms with E-state index in [1.54, 1.807) is 12.1 Å². The maximum absolute atomic E-state index is 12.9. The topological polar surface area (TPSA) is 88.2 Å². The third-order valence-corrected chi connectivity index (χ3v) is 6.45. The van der Waals surface area contributed by atoms with Crippen LogP contribution in [0.15, 0.2) is 23.1 Å². The van der Waals surface area contributed by atoms with Crippen molar-refractivity contribution >= 4 is 15.9 Å². The smallest absolute Gasteiger partial charge is 0.243 e. The number of hydrogen-bond donors (Lipinski definition) is 1. The van der Waals surface area contributed by atoms with E-state index in [-0.39, 0.29) is 10.8 Å². The first-order chi connectivity index (χ1) is 12.9. The number of rotatable bonds is 6. The van der Waals surface area contributed by atoms with Crippen molar-refractivity contribution in [1.82, 2.24) is 14.5 Å². The second kappa shape index (κ2) is 8.45. The van der Waals surface area contributed by atoms with E-state index >= 15 is 0 Å². The fourth-order valence-electron chi connectivity index (χ4n) is 3.04. The van der Waals surface area contributed by atoms with Crippen molar-refractivity contribution in [3.05, 3.63) is 18.2 Å². The molecule has 1 N–H and O–H groups in total. The van der Waals surface area contributed by atoms with Gasteiger partial charge in [0.1, 0.15) is 13.2 Å².